The van der Waals surface area contributed by atoms with Crippen molar-refractivity contribution in [1.82, 2.24) is 14.8 Å². The standard InChI is InChI=1S/C18H18FN3S2/c1-4-9-22-17(16-11-23-13(3)12(16)2)20-21-18(22)24-10-14-5-7-15(19)8-6-14/h4-8,11H,1,9-10H2,2-3H3. The van der Waals surface area contributed by atoms with Gasteiger partial charge in [-0.3, -0.25) is 4.57 Å². The number of allylic oxidation sites excluding steroid dienone is 1. The summed E-state index contributed by atoms with van der Waals surface area (Å²) >= 11 is 3.32. The van der Waals surface area contributed by atoms with Crippen LogP contribution in [0, 0.1) is 19.7 Å². The van der Waals surface area contributed by atoms with Gasteiger partial charge >= 0.3 is 0 Å². The van der Waals surface area contributed by atoms with Crippen molar-refractivity contribution in [1.29, 1.82) is 0 Å². The summed E-state index contributed by atoms with van der Waals surface area (Å²) in [5, 5.41) is 11.7. The summed E-state index contributed by atoms with van der Waals surface area (Å²) in [6.07, 6.45) is 1.85. The Morgan fingerprint density at radius 2 is 2.00 bits per heavy atom. The summed E-state index contributed by atoms with van der Waals surface area (Å²) in [7, 11) is 0. The maximum atomic E-state index is 13.0. The summed E-state index contributed by atoms with van der Waals surface area (Å²) in [6.45, 7) is 8.72. The average molecular weight is 359 g/mol. The van der Waals surface area contributed by atoms with Crippen molar-refractivity contribution in [3.05, 3.63) is 64.1 Å². The van der Waals surface area contributed by atoms with Crippen LogP contribution < -0.4 is 0 Å². The number of benzene rings is 1. The third kappa shape index (κ3) is 3.44. The first-order valence-electron chi connectivity index (χ1n) is 7.56. The topological polar surface area (TPSA) is 30.7 Å². The predicted octanol–water partition coefficient (Wildman–Crippen LogP) is 5.24. The molecule has 3 rings (SSSR count). The normalized spacial score (nSPS) is 11.0. The van der Waals surface area contributed by atoms with Crippen LogP contribution in [-0.2, 0) is 12.3 Å². The zero-order chi connectivity index (χ0) is 17.1. The third-order valence-corrected chi connectivity index (χ3v) is 5.89. The third-order valence-electron chi connectivity index (χ3n) is 3.84. The molecule has 0 radical (unpaired) electrons. The average Bonchev–Trinajstić information content (AvgIpc) is 3.12. The fourth-order valence-corrected chi connectivity index (χ4v) is 4.12. The maximum Gasteiger partial charge on any atom is 0.192 e. The van der Waals surface area contributed by atoms with Gasteiger partial charge in [0.1, 0.15) is 5.82 Å². The van der Waals surface area contributed by atoms with E-state index in [1.165, 1.54) is 22.6 Å². The molecule has 0 fully saturated rings. The molecule has 0 aliphatic heterocycles. The molecule has 3 aromatic rings. The van der Waals surface area contributed by atoms with E-state index in [9.17, 15) is 4.39 Å². The minimum atomic E-state index is -0.218. The Hall–Kier alpha value is -1.92. The lowest BCUT2D eigenvalue weighted by atomic mass is 10.1. The number of aryl methyl sites for hydroxylation is 1. The summed E-state index contributed by atoms with van der Waals surface area (Å²) in [5.74, 6) is 1.37. The Morgan fingerprint density at radius 3 is 2.62 bits per heavy atom. The van der Waals surface area contributed by atoms with Crippen molar-refractivity contribution < 1.29 is 4.39 Å². The van der Waals surface area contributed by atoms with Gasteiger partial charge in [-0.25, -0.2) is 4.39 Å². The molecule has 124 valence electrons. The van der Waals surface area contributed by atoms with Crippen LogP contribution in [0.1, 0.15) is 16.0 Å². The number of nitrogens with zero attached hydrogens (tertiary/aromatic N) is 3. The number of halogens is 1. The summed E-state index contributed by atoms with van der Waals surface area (Å²) in [4.78, 5) is 1.29. The summed E-state index contributed by atoms with van der Waals surface area (Å²) in [6, 6.07) is 6.55. The molecule has 0 N–H and O–H groups in total. The number of thioether (sulfide) groups is 1. The van der Waals surface area contributed by atoms with E-state index >= 15 is 0 Å². The van der Waals surface area contributed by atoms with Crippen molar-refractivity contribution in [2.24, 2.45) is 0 Å². The Bertz CT molecular complexity index is 850. The van der Waals surface area contributed by atoms with Gasteiger partial charge in [0.25, 0.3) is 0 Å². The fraction of sp³-hybridized carbons (Fsp3) is 0.222. The zero-order valence-electron chi connectivity index (χ0n) is 13.6. The van der Waals surface area contributed by atoms with Gasteiger partial charge in [0, 0.05) is 28.1 Å². The molecule has 1 aromatic carbocycles. The van der Waals surface area contributed by atoms with Crippen LogP contribution in [0.4, 0.5) is 4.39 Å². The van der Waals surface area contributed by atoms with Crippen LogP contribution in [-0.4, -0.2) is 14.8 Å². The highest BCUT2D eigenvalue weighted by Gasteiger charge is 2.17. The van der Waals surface area contributed by atoms with Crippen LogP contribution in [0.3, 0.4) is 0 Å². The molecule has 0 unspecified atom stereocenters. The second-order valence-corrected chi connectivity index (χ2v) is 7.48. The molecule has 6 heteroatoms. The molecule has 0 saturated carbocycles. The van der Waals surface area contributed by atoms with Gasteiger partial charge in [0.15, 0.2) is 11.0 Å². The van der Waals surface area contributed by atoms with Gasteiger partial charge in [0.05, 0.1) is 0 Å². The molecule has 24 heavy (non-hydrogen) atoms. The summed E-state index contributed by atoms with van der Waals surface area (Å²) in [5.41, 5.74) is 3.42. The molecule has 2 aromatic heterocycles. The van der Waals surface area contributed by atoms with Gasteiger partial charge in [-0.15, -0.1) is 28.1 Å². The van der Waals surface area contributed by atoms with Crippen LogP contribution >= 0.6 is 23.1 Å². The van der Waals surface area contributed by atoms with Crippen LogP contribution in [0.5, 0.6) is 0 Å². The lowest BCUT2D eigenvalue weighted by molar-refractivity contribution is 0.627. The lowest BCUT2D eigenvalue weighted by Gasteiger charge is -2.08. The first-order chi connectivity index (χ1) is 11.6. The number of rotatable bonds is 6. The SMILES string of the molecule is C=CCn1c(SCc2ccc(F)cc2)nnc1-c1csc(C)c1C. The molecule has 0 bridgehead atoms. The molecular formula is C18H18FN3S2. The van der Waals surface area contributed by atoms with Gasteiger partial charge in [-0.2, -0.15) is 0 Å². The number of hydrogen-bond donors (Lipinski definition) is 0. The van der Waals surface area contributed by atoms with E-state index in [-0.39, 0.29) is 5.82 Å². The lowest BCUT2D eigenvalue weighted by Crippen LogP contribution is -2.01. The van der Waals surface area contributed by atoms with E-state index in [1.54, 1.807) is 35.2 Å². The van der Waals surface area contributed by atoms with Crippen molar-refractivity contribution in [2.45, 2.75) is 31.3 Å². The van der Waals surface area contributed by atoms with Crippen molar-refractivity contribution >= 4 is 23.1 Å². The van der Waals surface area contributed by atoms with Gasteiger partial charge in [-0.05, 0) is 37.1 Å². The predicted molar refractivity (Wildman–Crippen MR) is 99.0 cm³/mol. The zero-order valence-corrected chi connectivity index (χ0v) is 15.3. The first-order valence-corrected chi connectivity index (χ1v) is 9.43. The van der Waals surface area contributed by atoms with Crippen LogP contribution in [0.2, 0.25) is 0 Å². The van der Waals surface area contributed by atoms with E-state index < -0.39 is 0 Å². The molecule has 0 spiro atoms. The van der Waals surface area contributed by atoms with Crippen molar-refractivity contribution in [3.63, 3.8) is 0 Å². The second-order valence-electron chi connectivity index (χ2n) is 5.45. The Balaban J connectivity index is 1.87. The van der Waals surface area contributed by atoms with Crippen molar-refractivity contribution in [2.75, 3.05) is 0 Å². The van der Waals surface area contributed by atoms with E-state index in [2.05, 4.69) is 40.6 Å². The first kappa shape index (κ1) is 16.9. The Morgan fingerprint density at radius 1 is 1.25 bits per heavy atom. The van der Waals surface area contributed by atoms with Gasteiger partial charge < -0.3 is 0 Å². The summed E-state index contributed by atoms with van der Waals surface area (Å²) < 4.78 is 15.1. The van der Waals surface area contributed by atoms with E-state index in [0.717, 1.165) is 27.9 Å². The molecular weight excluding hydrogens is 341 g/mol. The minimum Gasteiger partial charge on any atom is -0.298 e. The van der Waals surface area contributed by atoms with Crippen LogP contribution in [0.25, 0.3) is 11.4 Å². The molecule has 2 heterocycles. The van der Waals surface area contributed by atoms with E-state index in [1.807, 2.05) is 6.08 Å². The molecule has 0 aliphatic carbocycles. The number of aromatic nitrogens is 3. The van der Waals surface area contributed by atoms with Crippen LogP contribution in [0.15, 0.2) is 47.5 Å². The molecule has 0 saturated heterocycles. The Kier molecular flexibility index (Phi) is 5.16. The highest BCUT2D eigenvalue weighted by molar-refractivity contribution is 7.98. The number of hydrogen-bond acceptors (Lipinski definition) is 4. The largest absolute Gasteiger partial charge is 0.298 e. The molecule has 3 nitrogen and oxygen atoms in total. The molecule has 0 amide bonds. The highest BCUT2D eigenvalue weighted by Crippen LogP contribution is 2.32. The highest BCUT2D eigenvalue weighted by atomic mass is 32.2. The quantitative estimate of drug-likeness (QED) is 0.445. The molecule has 0 atom stereocenters. The Labute approximate surface area is 149 Å². The van der Waals surface area contributed by atoms with E-state index in [4.69, 9.17) is 0 Å². The smallest absolute Gasteiger partial charge is 0.192 e. The van der Waals surface area contributed by atoms with Gasteiger partial charge in [0.2, 0.25) is 0 Å². The molecule has 0 aliphatic rings. The monoisotopic (exact) mass is 359 g/mol. The maximum absolute atomic E-state index is 13.0. The minimum absolute atomic E-state index is 0.218. The van der Waals surface area contributed by atoms with Crippen molar-refractivity contribution in [3.8, 4) is 11.4 Å². The fourth-order valence-electron chi connectivity index (χ4n) is 2.35. The van der Waals surface area contributed by atoms with Gasteiger partial charge in [-0.1, -0.05) is 30.0 Å². The van der Waals surface area contributed by atoms with E-state index in [0.29, 0.717) is 6.54 Å². The second kappa shape index (κ2) is 7.32. The number of thiophene rings is 1.